The van der Waals surface area contributed by atoms with E-state index in [9.17, 15) is 19.5 Å². The molecule has 0 aliphatic carbocycles. The summed E-state index contributed by atoms with van der Waals surface area (Å²) in [4.78, 5) is 35.1. The first-order valence-electron chi connectivity index (χ1n) is 10.7. The van der Waals surface area contributed by atoms with Crippen LogP contribution in [-0.2, 0) is 28.6 Å². The fourth-order valence-electron chi connectivity index (χ4n) is 3.81. The number of fused-ring (bicyclic) bond motifs is 2. The van der Waals surface area contributed by atoms with Crippen molar-refractivity contribution in [3.63, 3.8) is 0 Å². The highest BCUT2D eigenvalue weighted by Gasteiger charge is 2.41. The Balaban J connectivity index is 2.25. The highest BCUT2D eigenvalue weighted by Crippen LogP contribution is 2.31. The molecule has 0 spiro atoms. The van der Waals surface area contributed by atoms with Crippen molar-refractivity contribution in [2.75, 3.05) is 0 Å². The topological polar surface area (TPSA) is 119 Å². The number of aliphatic hydroxyl groups is 1. The number of rotatable bonds is 5. The number of ether oxygens (including phenoxy) is 3. The molecule has 0 aromatic rings. The van der Waals surface area contributed by atoms with Crippen LogP contribution in [0.4, 0.5) is 0 Å². The maximum atomic E-state index is 12.7. The maximum Gasteiger partial charge on any atom is 0.310 e. The Morgan fingerprint density at radius 2 is 2.06 bits per heavy atom. The summed E-state index contributed by atoms with van der Waals surface area (Å²) >= 11 is 6.32. The highest BCUT2D eigenvalue weighted by atomic mass is 35.5. The number of halogens is 1. The lowest BCUT2D eigenvalue weighted by molar-refractivity contribution is -0.159. The summed E-state index contributed by atoms with van der Waals surface area (Å²) in [7, 11) is 0. The van der Waals surface area contributed by atoms with E-state index in [1.165, 1.54) is 13.0 Å². The quantitative estimate of drug-likeness (QED) is 0.463. The summed E-state index contributed by atoms with van der Waals surface area (Å²) in [5, 5.41) is 20.3. The molecule has 178 valence electrons. The number of aliphatic hydroxyl groups excluding tert-OH is 1. The van der Waals surface area contributed by atoms with E-state index in [4.69, 9.17) is 30.9 Å². The molecule has 2 bridgehead atoms. The molecule has 2 aliphatic rings. The molecule has 0 saturated carbocycles. The number of aliphatic carboxylic acids is 1. The SMILES string of the molecule is CC(=O)OC1CC(=O)OC2CC(CC/C(Cl)=C\C/C=C\1C)OC2C(O)/C=C(\C)CC(=O)O. The smallest absolute Gasteiger partial charge is 0.310 e. The number of carboxylic acids is 1. The highest BCUT2D eigenvalue weighted by molar-refractivity contribution is 6.29. The van der Waals surface area contributed by atoms with Gasteiger partial charge in [-0.15, -0.1) is 0 Å². The third-order valence-corrected chi connectivity index (χ3v) is 5.71. The van der Waals surface area contributed by atoms with Gasteiger partial charge < -0.3 is 24.4 Å². The van der Waals surface area contributed by atoms with E-state index < -0.39 is 42.3 Å². The van der Waals surface area contributed by atoms with Crippen molar-refractivity contribution in [3.05, 3.63) is 34.4 Å². The molecule has 2 heterocycles. The second kappa shape index (κ2) is 12.2. The van der Waals surface area contributed by atoms with Gasteiger partial charge in [0.2, 0.25) is 0 Å². The molecule has 5 unspecified atom stereocenters. The largest absolute Gasteiger partial charge is 0.481 e. The minimum Gasteiger partial charge on any atom is -0.481 e. The van der Waals surface area contributed by atoms with Gasteiger partial charge in [0, 0.05) is 18.4 Å². The molecular weight excluding hydrogens is 440 g/mol. The number of hydrogen-bond donors (Lipinski definition) is 2. The Kier molecular flexibility index (Phi) is 9.93. The number of carbonyl (C=O) groups is 3. The van der Waals surface area contributed by atoms with Crippen LogP contribution in [0, 0.1) is 0 Å². The van der Waals surface area contributed by atoms with Gasteiger partial charge >= 0.3 is 17.9 Å². The molecule has 8 nitrogen and oxygen atoms in total. The van der Waals surface area contributed by atoms with Gasteiger partial charge in [-0.3, -0.25) is 14.4 Å². The van der Waals surface area contributed by atoms with Crippen molar-refractivity contribution in [3.8, 4) is 0 Å². The molecule has 2 N–H and O–H groups in total. The van der Waals surface area contributed by atoms with Crippen LogP contribution in [0.3, 0.4) is 0 Å². The molecule has 5 atom stereocenters. The van der Waals surface area contributed by atoms with E-state index in [2.05, 4.69) is 0 Å². The van der Waals surface area contributed by atoms with Gasteiger partial charge in [-0.25, -0.2) is 0 Å². The maximum absolute atomic E-state index is 12.7. The van der Waals surface area contributed by atoms with Gasteiger partial charge in [0.15, 0.2) is 0 Å². The van der Waals surface area contributed by atoms with Gasteiger partial charge in [0.05, 0.1) is 18.9 Å². The lowest BCUT2D eigenvalue weighted by Crippen LogP contribution is -2.37. The van der Waals surface area contributed by atoms with Gasteiger partial charge in [0.1, 0.15) is 24.4 Å². The molecule has 0 aromatic heterocycles. The molecule has 0 aromatic carbocycles. The summed E-state index contributed by atoms with van der Waals surface area (Å²) in [6.07, 6.45) is 3.01. The number of esters is 2. The Hall–Kier alpha value is -2.16. The van der Waals surface area contributed by atoms with Crippen molar-refractivity contribution < 1.29 is 38.8 Å². The zero-order valence-electron chi connectivity index (χ0n) is 18.6. The van der Waals surface area contributed by atoms with Gasteiger partial charge in [-0.05, 0) is 38.7 Å². The zero-order chi connectivity index (χ0) is 23.8. The second-order valence-electron chi connectivity index (χ2n) is 8.24. The number of hydrogen-bond acceptors (Lipinski definition) is 7. The average Bonchev–Trinajstić information content (AvgIpc) is 3.06. The van der Waals surface area contributed by atoms with Crippen molar-refractivity contribution in [2.45, 2.75) is 89.8 Å². The monoisotopic (exact) mass is 470 g/mol. The van der Waals surface area contributed by atoms with Crippen LogP contribution in [0.25, 0.3) is 0 Å². The summed E-state index contributed by atoms with van der Waals surface area (Å²) in [5.41, 5.74) is 1.17. The Bertz CT molecular complexity index is 800. The first-order chi connectivity index (χ1) is 15.0. The third-order valence-electron chi connectivity index (χ3n) is 5.37. The van der Waals surface area contributed by atoms with Crippen LogP contribution < -0.4 is 0 Å². The van der Waals surface area contributed by atoms with Crippen molar-refractivity contribution >= 4 is 29.5 Å². The van der Waals surface area contributed by atoms with Crippen LogP contribution in [-0.4, -0.2) is 58.6 Å². The van der Waals surface area contributed by atoms with Crippen molar-refractivity contribution in [1.82, 2.24) is 0 Å². The number of allylic oxidation sites excluding steroid dienone is 3. The normalized spacial score (nSPS) is 31.9. The van der Waals surface area contributed by atoms with Crippen LogP contribution >= 0.6 is 11.6 Å². The summed E-state index contributed by atoms with van der Waals surface area (Å²) in [6.45, 7) is 4.64. The minimum absolute atomic E-state index is 0.169. The molecule has 9 heteroatoms. The van der Waals surface area contributed by atoms with Crippen LogP contribution in [0.5, 0.6) is 0 Å². The molecule has 0 amide bonds. The molecule has 2 rings (SSSR count). The van der Waals surface area contributed by atoms with E-state index >= 15 is 0 Å². The fourth-order valence-corrected chi connectivity index (χ4v) is 4.01. The average molecular weight is 471 g/mol. The molecule has 1 fully saturated rings. The molecular formula is C23H31ClO8. The summed E-state index contributed by atoms with van der Waals surface area (Å²) < 4.78 is 16.9. The molecule has 32 heavy (non-hydrogen) atoms. The Morgan fingerprint density at radius 1 is 1.34 bits per heavy atom. The van der Waals surface area contributed by atoms with E-state index in [1.807, 2.05) is 12.2 Å². The van der Waals surface area contributed by atoms with Crippen LogP contribution in [0.1, 0.15) is 59.3 Å². The zero-order valence-corrected chi connectivity index (χ0v) is 19.3. The fraction of sp³-hybridized carbons (Fsp3) is 0.609. The third kappa shape index (κ3) is 8.41. The Labute approximate surface area is 192 Å². The van der Waals surface area contributed by atoms with Gasteiger partial charge in [-0.1, -0.05) is 35.4 Å². The molecule has 0 radical (unpaired) electrons. The van der Waals surface area contributed by atoms with Gasteiger partial charge in [-0.2, -0.15) is 0 Å². The van der Waals surface area contributed by atoms with Crippen LogP contribution in [0.15, 0.2) is 34.4 Å². The van der Waals surface area contributed by atoms with Gasteiger partial charge in [0.25, 0.3) is 0 Å². The predicted octanol–water partition coefficient (Wildman–Crippen LogP) is 3.41. The Morgan fingerprint density at radius 3 is 2.72 bits per heavy atom. The summed E-state index contributed by atoms with van der Waals surface area (Å²) in [6, 6.07) is 0. The molecule has 1 saturated heterocycles. The van der Waals surface area contributed by atoms with E-state index in [-0.39, 0.29) is 18.9 Å². The number of carboxylic acid groups (broad SMARTS) is 1. The van der Waals surface area contributed by atoms with E-state index in [0.717, 1.165) is 0 Å². The lowest BCUT2D eigenvalue weighted by Gasteiger charge is -2.24. The standard InChI is InChI=1S/C23H31ClO8/c1-13(10-21(27)28)9-18(26)23-20-11-17(31-23)8-7-16(24)6-4-5-14(2)19(30-15(3)25)12-22(29)32-20/h5-6,9,17-20,23,26H,4,7-8,10-12H2,1-3H3,(H,27,28)/b13-9+,14-5-,16-6+. The first kappa shape index (κ1) is 26.1. The van der Waals surface area contributed by atoms with E-state index in [0.29, 0.717) is 41.9 Å². The van der Waals surface area contributed by atoms with Crippen LogP contribution in [0.2, 0.25) is 0 Å². The van der Waals surface area contributed by atoms with E-state index in [1.54, 1.807) is 13.8 Å². The second-order valence-corrected chi connectivity index (χ2v) is 8.72. The lowest BCUT2D eigenvalue weighted by atomic mass is 10.0. The molecule has 2 aliphatic heterocycles. The van der Waals surface area contributed by atoms with Crippen molar-refractivity contribution in [2.24, 2.45) is 0 Å². The number of carbonyl (C=O) groups excluding carboxylic acids is 2. The minimum atomic E-state index is -1.15. The predicted molar refractivity (Wildman–Crippen MR) is 117 cm³/mol. The van der Waals surface area contributed by atoms with Crippen molar-refractivity contribution in [1.29, 1.82) is 0 Å². The summed E-state index contributed by atoms with van der Waals surface area (Å²) in [5.74, 6) is -2.10. The first-order valence-corrected chi connectivity index (χ1v) is 11.0.